The Morgan fingerprint density at radius 3 is 2.62 bits per heavy atom. The number of benzene rings is 1. The fourth-order valence-corrected chi connectivity index (χ4v) is 4.43. The molecule has 2 amide bonds. The smallest absolute Gasteiger partial charge is 0.409 e. The number of hydrogen-bond acceptors (Lipinski definition) is 7. The zero-order valence-corrected chi connectivity index (χ0v) is 18.8. The van der Waals surface area contributed by atoms with Crippen LogP contribution in [-0.4, -0.2) is 82.7 Å². The van der Waals surface area contributed by atoms with E-state index in [1.807, 2.05) is 36.1 Å². The van der Waals surface area contributed by atoms with Gasteiger partial charge >= 0.3 is 6.09 Å². The van der Waals surface area contributed by atoms with Crippen molar-refractivity contribution in [1.82, 2.24) is 24.8 Å². The molecule has 0 saturated carbocycles. The Morgan fingerprint density at radius 1 is 1.12 bits per heavy atom. The number of aryl methyl sites for hydroxylation is 1. The van der Waals surface area contributed by atoms with Crippen LogP contribution >= 0.6 is 0 Å². The molecule has 2 saturated heterocycles. The molecule has 9 heteroatoms. The van der Waals surface area contributed by atoms with Gasteiger partial charge in [-0.25, -0.2) is 4.79 Å². The van der Waals surface area contributed by atoms with Crippen LogP contribution in [0.3, 0.4) is 0 Å². The standard InChI is InChI=1S/C23H31N5O4/c1-3-31-23(30)28-13-11-27(12-14-28)22(29)18-8-6-10-26(15-18)16-20-24-21(25-32-20)19-9-5-4-7-17(19)2/h4-5,7,9,18H,3,6,8,10-16H2,1-2H3. The van der Waals surface area contributed by atoms with Crippen molar-refractivity contribution in [2.75, 3.05) is 45.9 Å². The van der Waals surface area contributed by atoms with Crippen molar-refractivity contribution in [2.24, 2.45) is 5.92 Å². The summed E-state index contributed by atoms with van der Waals surface area (Å²) in [4.78, 5) is 35.3. The summed E-state index contributed by atoms with van der Waals surface area (Å²) in [5.74, 6) is 1.29. The third-order valence-corrected chi connectivity index (χ3v) is 6.19. The molecule has 0 bridgehead atoms. The zero-order chi connectivity index (χ0) is 22.5. The SMILES string of the molecule is CCOC(=O)N1CCN(C(=O)C2CCCN(Cc3nc(-c4ccccc4C)no3)C2)CC1. The van der Waals surface area contributed by atoms with Crippen molar-refractivity contribution in [3.05, 3.63) is 35.7 Å². The average Bonchev–Trinajstić information content (AvgIpc) is 3.27. The van der Waals surface area contributed by atoms with E-state index in [-0.39, 0.29) is 17.9 Å². The molecule has 32 heavy (non-hydrogen) atoms. The first-order chi connectivity index (χ1) is 15.5. The van der Waals surface area contributed by atoms with Gasteiger partial charge in [-0.1, -0.05) is 29.4 Å². The van der Waals surface area contributed by atoms with Crippen LogP contribution in [0.25, 0.3) is 11.4 Å². The number of rotatable bonds is 5. The summed E-state index contributed by atoms with van der Waals surface area (Å²) in [5.41, 5.74) is 2.07. The molecule has 0 aliphatic carbocycles. The van der Waals surface area contributed by atoms with Crippen LogP contribution in [0.1, 0.15) is 31.2 Å². The maximum absolute atomic E-state index is 13.1. The van der Waals surface area contributed by atoms with E-state index in [0.29, 0.717) is 57.6 Å². The summed E-state index contributed by atoms with van der Waals surface area (Å²) >= 11 is 0. The summed E-state index contributed by atoms with van der Waals surface area (Å²) < 4.78 is 10.6. The second-order valence-electron chi connectivity index (χ2n) is 8.41. The van der Waals surface area contributed by atoms with Crippen molar-refractivity contribution in [1.29, 1.82) is 0 Å². The lowest BCUT2D eigenvalue weighted by Crippen LogP contribution is -2.53. The molecule has 2 aliphatic heterocycles. The highest BCUT2D eigenvalue weighted by atomic mass is 16.6. The first kappa shape index (κ1) is 22.3. The summed E-state index contributed by atoms with van der Waals surface area (Å²) in [6.45, 7) is 8.46. The predicted molar refractivity (Wildman–Crippen MR) is 118 cm³/mol. The van der Waals surface area contributed by atoms with Crippen molar-refractivity contribution >= 4 is 12.0 Å². The van der Waals surface area contributed by atoms with Gasteiger partial charge in [-0.15, -0.1) is 0 Å². The van der Waals surface area contributed by atoms with E-state index in [9.17, 15) is 9.59 Å². The average molecular weight is 442 g/mol. The van der Waals surface area contributed by atoms with Gasteiger partial charge in [0.15, 0.2) is 0 Å². The molecule has 1 atom stereocenters. The molecule has 0 radical (unpaired) electrons. The van der Waals surface area contributed by atoms with E-state index in [1.54, 1.807) is 11.8 Å². The van der Waals surface area contributed by atoms with E-state index in [1.165, 1.54) is 0 Å². The van der Waals surface area contributed by atoms with E-state index < -0.39 is 0 Å². The number of nitrogens with zero attached hydrogens (tertiary/aromatic N) is 5. The minimum atomic E-state index is -0.298. The molecule has 3 heterocycles. The lowest BCUT2D eigenvalue weighted by molar-refractivity contribution is -0.139. The van der Waals surface area contributed by atoms with Crippen molar-refractivity contribution in [3.63, 3.8) is 0 Å². The van der Waals surface area contributed by atoms with Gasteiger partial charge in [0.05, 0.1) is 19.1 Å². The van der Waals surface area contributed by atoms with Crippen LogP contribution in [0.2, 0.25) is 0 Å². The molecule has 2 aromatic rings. The van der Waals surface area contributed by atoms with Crippen molar-refractivity contribution < 1.29 is 18.8 Å². The predicted octanol–water partition coefficient (Wildman–Crippen LogP) is 2.56. The second-order valence-corrected chi connectivity index (χ2v) is 8.41. The van der Waals surface area contributed by atoms with Gasteiger partial charge in [0.25, 0.3) is 0 Å². The Labute approximate surface area is 188 Å². The summed E-state index contributed by atoms with van der Waals surface area (Å²) in [6.07, 6.45) is 1.54. The van der Waals surface area contributed by atoms with Gasteiger partial charge in [0.1, 0.15) is 0 Å². The highest BCUT2D eigenvalue weighted by Gasteiger charge is 2.32. The number of carbonyl (C=O) groups excluding carboxylic acids is 2. The summed E-state index contributed by atoms with van der Waals surface area (Å²) in [7, 11) is 0. The maximum atomic E-state index is 13.1. The molecule has 9 nitrogen and oxygen atoms in total. The first-order valence-corrected chi connectivity index (χ1v) is 11.4. The third kappa shape index (κ3) is 5.09. The van der Waals surface area contributed by atoms with E-state index >= 15 is 0 Å². The fourth-order valence-electron chi connectivity index (χ4n) is 4.43. The summed E-state index contributed by atoms with van der Waals surface area (Å²) in [5, 5.41) is 4.14. The molecular formula is C23H31N5O4. The van der Waals surface area contributed by atoms with Crippen LogP contribution in [0.4, 0.5) is 4.79 Å². The molecule has 0 spiro atoms. The molecular weight excluding hydrogens is 410 g/mol. The van der Waals surface area contributed by atoms with Gasteiger partial charge < -0.3 is 19.1 Å². The minimum absolute atomic E-state index is 0.0448. The molecule has 2 fully saturated rings. The number of likely N-dealkylation sites (tertiary alicyclic amines) is 1. The van der Waals surface area contributed by atoms with Crippen molar-refractivity contribution in [2.45, 2.75) is 33.2 Å². The normalized spacial score (nSPS) is 19.8. The van der Waals surface area contributed by atoms with Gasteiger partial charge in [0, 0.05) is 38.3 Å². The Balaban J connectivity index is 1.31. The summed E-state index contributed by atoms with van der Waals surface area (Å²) in [6, 6.07) is 7.97. The van der Waals surface area contributed by atoms with Gasteiger partial charge in [-0.3, -0.25) is 9.69 Å². The number of aromatic nitrogens is 2. The molecule has 2 aliphatic rings. The van der Waals surface area contributed by atoms with E-state index in [0.717, 1.165) is 30.5 Å². The van der Waals surface area contributed by atoms with E-state index in [2.05, 4.69) is 15.0 Å². The van der Waals surface area contributed by atoms with Gasteiger partial charge in [-0.05, 0) is 38.8 Å². The molecule has 0 N–H and O–H groups in total. The number of hydrogen-bond donors (Lipinski definition) is 0. The molecule has 4 rings (SSSR count). The fraction of sp³-hybridized carbons (Fsp3) is 0.565. The van der Waals surface area contributed by atoms with Crippen LogP contribution in [-0.2, 0) is 16.1 Å². The minimum Gasteiger partial charge on any atom is -0.450 e. The molecule has 172 valence electrons. The van der Waals surface area contributed by atoms with Crippen LogP contribution in [0.5, 0.6) is 0 Å². The van der Waals surface area contributed by atoms with Gasteiger partial charge in [0.2, 0.25) is 17.6 Å². The zero-order valence-electron chi connectivity index (χ0n) is 18.8. The lowest BCUT2D eigenvalue weighted by Gasteiger charge is -2.38. The van der Waals surface area contributed by atoms with Crippen LogP contribution < -0.4 is 0 Å². The highest BCUT2D eigenvalue weighted by molar-refractivity contribution is 5.79. The number of amides is 2. The largest absolute Gasteiger partial charge is 0.450 e. The quantitative estimate of drug-likeness (QED) is 0.704. The molecule has 1 aromatic heterocycles. The Hall–Kier alpha value is -2.94. The van der Waals surface area contributed by atoms with E-state index in [4.69, 9.17) is 9.26 Å². The Morgan fingerprint density at radius 2 is 1.88 bits per heavy atom. The topological polar surface area (TPSA) is 92.0 Å². The van der Waals surface area contributed by atoms with Crippen LogP contribution in [0.15, 0.2) is 28.8 Å². The third-order valence-electron chi connectivity index (χ3n) is 6.19. The number of carbonyl (C=O) groups is 2. The number of ether oxygens (including phenoxy) is 1. The lowest BCUT2D eigenvalue weighted by atomic mass is 9.96. The number of piperidine rings is 1. The highest BCUT2D eigenvalue weighted by Crippen LogP contribution is 2.23. The number of piperazine rings is 1. The van der Waals surface area contributed by atoms with Crippen molar-refractivity contribution in [3.8, 4) is 11.4 Å². The maximum Gasteiger partial charge on any atom is 0.409 e. The monoisotopic (exact) mass is 441 g/mol. The second kappa shape index (κ2) is 10.1. The molecule has 1 aromatic carbocycles. The Kier molecular flexibility index (Phi) is 7.04. The van der Waals surface area contributed by atoms with Gasteiger partial charge in [-0.2, -0.15) is 4.98 Å². The Bertz CT molecular complexity index is 938. The molecule has 1 unspecified atom stereocenters. The first-order valence-electron chi connectivity index (χ1n) is 11.4. The van der Waals surface area contributed by atoms with Crippen LogP contribution in [0, 0.1) is 12.8 Å².